The number of nitrogens with one attached hydrogen (secondary N) is 4. The number of amides is 3. The molecule has 6 atom stereocenters. The fourth-order valence-corrected chi connectivity index (χ4v) is 4.26. The lowest BCUT2D eigenvalue weighted by atomic mass is 9.97. The summed E-state index contributed by atoms with van der Waals surface area (Å²) in [6.45, 7) is 7.15. The number of carbonyl (C=O) groups excluding carboxylic acids is 3. The third-order valence-corrected chi connectivity index (χ3v) is 7.35. The zero-order chi connectivity index (χ0) is 30.0. The van der Waals surface area contributed by atoms with Gasteiger partial charge in [0, 0.05) is 29.9 Å². The van der Waals surface area contributed by atoms with Crippen molar-refractivity contribution < 1.29 is 34.2 Å². The van der Waals surface area contributed by atoms with Gasteiger partial charge in [-0.25, -0.2) is 4.79 Å². The van der Waals surface area contributed by atoms with E-state index in [0.29, 0.717) is 18.4 Å². The number of aliphatic carboxylic acids is 2. The Hall–Kier alpha value is -3.93. The highest BCUT2D eigenvalue weighted by atomic mass is 16.4. The van der Waals surface area contributed by atoms with E-state index in [9.17, 15) is 34.2 Å². The maximum Gasteiger partial charge on any atom is 0.326 e. The van der Waals surface area contributed by atoms with Crippen LogP contribution >= 0.6 is 0 Å². The molecular weight excluding hydrogens is 518 g/mol. The minimum Gasteiger partial charge on any atom is -0.481 e. The van der Waals surface area contributed by atoms with Crippen molar-refractivity contribution >= 4 is 40.6 Å². The van der Waals surface area contributed by atoms with Crippen molar-refractivity contribution in [2.75, 3.05) is 0 Å². The number of nitrogens with two attached hydrogens (primary N) is 1. The van der Waals surface area contributed by atoms with E-state index in [1.54, 1.807) is 27.0 Å². The van der Waals surface area contributed by atoms with Crippen molar-refractivity contribution in [2.24, 2.45) is 17.6 Å². The van der Waals surface area contributed by atoms with E-state index < -0.39 is 60.2 Å². The van der Waals surface area contributed by atoms with E-state index in [2.05, 4.69) is 20.9 Å². The predicted octanol–water partition coefficient (Wildman–Crippen LogP) is 1.53. The molecule has 0 spiro atoms. The number of rotatable bonds is 16. The van der Waals surface area contributed by atoms with E-state index in [-0.39, 0.29) is 24.7 Å². The van der Waals surface area contributed by atoms with Gasteiger partial charge in [-0.3, -0.25) is 19.2 Å². The third-order valence-electron chi connectivity index (χ3n) is 7.35. The maximum absolute atomic E-state index is 13.4. The Bertz CT molecular complexity index is 1200. The summed E-state index contributed by atoms with van der Waals surface area (Å²) < 4.78 is 0. The van der Waals surface area contributed by atoms with Crippen LogP contribution in [0, 0.1) is 11.8 Å². The Morgan fingerprint density at radius 1 is 0.875 bits per heavy atom. The van der Waals surface area contributed by atoms with Gasteiger partial charge < -0.3 is 36.9 Å². The summed E-state index contributed by atoms with van der Waals surface area (Å²) in [5.41, 5.74) is 7.53. The van der Waals surface area contributed by atoms with Gasteiger partial charge in [0.2, 0.25) is 17.7 Å². The minimum absolute atomic E-state index is 0.0143. The molecule has 0 aliphatic heterocycles. The number of aromatic nitrogens is 1. The Balaban J connectivity index is 2.36. The second-order valence-electron chi connectivity index (χ2n) is 10.2. The molecule has 2 rings (SSSR count). The van der Waals surface area contributed by atoms with Crippen LogP contribution in [0.5, 0.6) is 0 Å². The van der Waals surface area contributed by atoms with E-state index in [4.69, 9.17) is 5.73 Å². The van der Waals surface area contributed by atoms with Crippen molar-refractivity contribution in [1.29, 1.82) is 0 Å². The second kappa shape index (κ2) is 15.0. The molecule has 8 N–H and O–H groups in total. The summed E-state index contributed by atoms with van der Waals surface area (Å²) in [4.78, 5) is 65.8. The van der Waals surface area contributed by atoms with Crippen molar-refractivity contribution in [3.63, 3.8) is 0 Å². The highest BCUT2D eigenvalue weighted by Gasteiger charge is 2.33. The number of fused-ring (bicyclic) bond motifs is 1. The number of aromatic amines is 1. The molecule has 1 aromatic carbocycles. The highest BCUT2D eigenvalue weighted by molar-refractivity contribution is 5.95. The topological polar surface area (TPSA) is 204 Å². The molecule has 3 amide bonds. The van der Waals surface area contributed by atoms with Crippen LogP contribution in [0.25, 0.3) is 10.9 Å². The van der Waals surface area contributed by atoms with Crippen molar-refractivity contribution in [1.82, 2.24) is 20.9 Å². The largest absolute Gasteiger partial charge is 0.481 e. The SMILES string of the molecule is CCC(C)C(N)C(=O)NC(CCC(=O)O)C(=O)NC(Cc1c[nH]c2ccccc12)C(=O)NC(C(=O)O)C(C)CC. The number of hydrogen-bond donors (Lipinski definition) is 7. The van der Waals surface area contributed by atoms with E-state index in [0.717, 1.165) is 10.9 Å². The maximum atomic E-state index is 13.4. The molecule has 1 aromatic heterocycles. The molecule has 0 aliphatic carbocycles. The van der Waals surface area contributed by atoms with Crippen LogP contribution in [-0.4, -0.2) is 69.0 Å². The van der Waals surface area contributed by atoms with Crippen LogP contribution in [0.1, 0.15) is 58.9 Å². The van der Waals surface area contributed by atoms with Gasteiger partial charge in [-0.05, 0) is 29.9 Å². The standard InChI is InChI=1S/C28H41N5O7/c1-5-15(3)23(29)27(38)31-20(11-12-22(34)35)25(36)32-21(26(37)33-24(28(39)40)16(4)6-2)13-17-14-30-19-10-8-7-9-18(17)19/h7-10,14-16,20-21,23-24,30H,5-6,11-13,29H2,1-4H3,(H,31,38)(H,32,36)(H,33,37)(H,34,35)(H,39,40). The van der Waals surface area contributed by atoms with Gasteiger partial charge in [0.25, 0.3) is 0 Å². The highest BCUT2D eigenvalue weighted by Crippen LogP contribution is 2.20. The molecule has 12 heteroatoms. The van der Waals surface area contributed by atoms with Crippen molar-refractivity contribution in [3.05, 3.63) is 36.0 Å². The molecule has 0 saturated heterocycles. The molecule has 12 nitrogen and oxygen atoms in total. The van der Waals surface area contributed by atoms with Gasteiger partial charge in [-0.15, -0.1) is 0 Å². The predicted molar refractivity (Wildman–Crippen MR) is 149 cm³/mol. The zero-order valence-electron chi connectivity index (χ0n) is 23.4. The lowest BCUT2D eigenvalue weighted by Crippen LogP contribution is -2.58. The Morgan fingerprint density at radius 2 is 1.48 bits per heavy atom. The first-order chi connectivity index (χ1) is 18.9. The molecule has 0 saturated carbocycles. The van der Waals surface area contributed by atoms with Crippen LogP contribution in [0.15, 0.2) is 30.5 Å². The monoisotopic (exact) mass is 559 g/mol. The third kappa shape index (κ3) is 8.80. The van der Waals surface area contributed by atoms with E-state index in [1.807, 2.05) is 31.2 Å². The molecule has 220 valence electrons. The zero-order valence-corrected chi connectivity index (χ0v) is 23.4. The van der Waals surface area contributed by atoms with E-state index >= 15 is 0 Å². The fraction of sp³-hybridized carbons (Fsp3) is 0.536. The smallest absolute Gasteiger partial charge is 0.326 e. The first kappa shape index (κ1) is 32.3. The van der Waals surface area contributed by atoms with Gasteiger partial charge in [0.15, 0.2) is 0 Å². The van der Waals surface area contributed by atoms with Crippen LogP contribution in [0.4, 0.5) is 0 Å². The Kier molecular flexibility index (Phi) is 12.1. The second-order valence-corrected chi connectivity index (χ2v) is 10.2. The lowest BCUT2D eigenvalue weighted by Gasteiger charge is -2.27. The van der Waals surface area contributed by atoms with Gasteiger partial charge >= 0.3 is 11.9 Å². The summed E-state index contributed by atoms with van der Waals surface area (Å²) >= 11 is 0. The van der Waals surface area contributed by atoms with Gasteiger partial charge in [0.05, 0.1) is 6.04 Å². The molecular formula is C28H41N5O7. The summed E-state index contributed by atoms with van der Waals surface area (Å²) in [6.07, 6.45) is 2.19. The van der Waals surface area contributed by atoms with Crippen molar-refractivity contribution in [2.45, 2.75) is 84.0 Å². The molecule has 0 aliphatic rings. The molecule has 0 radical (unpaired) electrons. The summed E-state index contributed by atoms with van der Waals surface area (Å²) in [6, 6.07) is 2.79. The minimum atomic E-state index is -1.28. The number of carboxylic acids is 2. The first-order valence-electron chi connectivity index (χ1n) is 13.6. The average molecular weight is 560 g/mol. The molecule has 2 aromatic rings. The summed E-state index contributed by atoms with van der Waals surface area (Å²) in [5.74, 6) is -5.03. The molecule has 6 unspecified atom stereocenters. The van der Waals surface area contributed by atoms with Crippen LogP contribution in [0.2, 0.25) is 0 Å². The number of hydrogen-bond acceptors (Lipinski definition) is 6. The average Bonchev–Trinajstić information content (AvgIpc) is 3.34. The molecule has 0 fully saturated rings. The molecule has 0 bridgehead atoms. The molecule has 1 heterocycles. The van der Waals surface area contributed by atoms with Crippen molar-refractivity contribution in [3.8, 4) is 0 Å². The van der Waals surface area contributed by atoms with Crippen LogP contribution in [0.3, 0.4) is 0 Å². The number of carboxylic acid groups (broad SMARTS) is 2. The first-order valence-corrected chi connectivity index (χ1v) is 13.6. The van der Waals surface area contributed by atoms with Gasteiger partial charge in [-0.2, -0.15) is 0 Å². The Labute approximate surface area is 233 Å². The van der Waals surface area contributed by atoms with Gasteiger partial charge in [-0.1, -0.05) is 58.7 Å². The number of H-pyrrole nitrogens is 1. The van der Waals surface area contributed by atoms with Crippen LogP contribution < -0.4 is 21.7 Å². The number of para-hydroxylation sites is 1. The lowest BCUT2D eigenvalue weighted by molar-refractivity contribution is -0.143. The summed E-state index contributed by atoms with van der Waals surface area (Å²) in [5, 5.41) is 27.4. The number of carbonyl (C=O) groups is 5. The normalized spacial score (nSPS) is 15.7. The number of benzene rings is 1. The Morgan fingerprint density at radius 3 is 2.08 bits per heavy atom. The van der Waals surface area contributed by atoms with Gasteiger partial charge in [0.1, 0.15) is 18.1 Å². The molecule has 40 heavy (non-hydrogen) atoms. The fourth-order valence-electron chi connectivity index (χ4n) is 4.26. The van der Waals surface area contributed by atoms with Crippen LogP contribution in [-0.2, 0) is 30.4 Å². The quantitative estimate of drug-likeness (QED) is 0.160. The summed E-state index contributed by atoms with van der Waals surface area (Å²) in [7, 11) is 0. The van der Waals surface area contributed by atoms with E-state index in [1.165, 1.54) is 0 Å².